The molecule has 1 aromatic carbocycles. The molecule has 0 spiro atoms. The number of alkyl halides is 3. The maximum atomic E-state index is 12.7. The molecule has 2 aromatic rings. The molecule has 0 radical (unpaired) electrons. The van der Waals surface area contributed by atoms with Gasteiger partial charge in [-0.2, -0.15) is 13.2 Å². The molecule has 28 heavy (non-hydrogen) atoms. The first-order valence-electron chi connectivity index (χ1n) is 8.05. The van der Waals surface area contributed by atoms with E-state index in [1.807, 2.05) is 18.8 Å². The van der Waals surface area contributed by atoms with Gasteiger partial charge in [-0.1, -0.05) is 6.07 Å². The van der Waals surface area contributed by atoms with Crippen molar-refractivity contribution in [2.75, 3.05) is 25.5 Å². The van der Waals surface area contributed by atoms with E-state index >= 15 is 0 Å². The summed E-state index contributed by atoms with van der Waals surface area (Å²) in [6.45, 7) is -0.461. The second kappa shape index (κ2) is 8.57. The van der Waals surface area contributed by atoms with Gasteiger partial charge in [-0.3, -0.25) is 4.79 Å². The molecule has 11 heteroatoms. The van der Waals surface area contributed by atoms with Gasteiger partial charge in [0.2, 0.25) is 15.9 Å². The number of halogens is 3. The van der Waals surface area contributed by atoms with Gasteiger partial charge in [-0.15, -0.1) is 0 Å². The van der Waals surface area contributed by atoms with Crippen LogP contribution in [0.4, 0.5) is 19.0 Å². The molecule has 7 nitrogen and oxygen atoms in total. The molecular weight excluding hydrogens is 397 g/mol. The summed E-state index contributed by atoms with van der Waals surface area (Å²) in [4.78, 5) is 17.2. The van der Waals surface area contributed by atoms with Crippen LogP contribution in [0.3, 0.4) is 0 Å². The van der Waals surface area contributed by atoms with Crippen molar-refractivity contribution >= 4 is 21.7 Å². The Labute approximate surface area is 160 Å². The van der Waals surface area contributed by atoms with E-state index < -0.39 is 39.1 Å². The molecule has 0 atom stereocenters. The number of sulfonamides is 1. The minimum atomic E-state index is -4.67. The first-order valence-corrected chi connectivity index (χ1v) is 9.53. The van der Waals surface area contributed by atoms with E-state index in [0.717, 1.165) is 23.8 Å². The number of nitrogens with zero attached hydrogens (tertiary/aromatic N) is 2. The first-order chi connectivity index (χ1) is 13.0. The Hall–Kier alpha value is -2.66. The number of hydrogen-bond acceptors (Lipinski definition) is 5. The highest BCUT2D eigenvalue weighted by atomic mass is 32.2. The van der Waals surface area contributed by atoms with Crippen LogP contribution in [-0.4, -0.2) is 39.9 Å². The lowest BCUT2D eigenvalue weighted by Crippen LogP contribution is -2.36. The molecule has 2 rings (SSSR count). The van der Waals surface area contributed by atoms with Crippen molar-refractivity contribution in [1.82, 2.24) is 15.0 Å². The van der Waals surface area contributed by atoms with Crippen LogP contribution in [-0.2, 0) is 27.5 Å². The van der Waals surface area contributed by atoms with Crippen molar-refractivity contribution in [3.05, 3.63) is 53.7 Å². The molecule has 0 aliphatic rings. The van der Waals surface area contributed by atoms with Crippen molar-refractivity contribution in [2.45, 2.75) is 17.6 Å². The van der Waals surface area contributed by atoms with E-state index in [1.54, 1.807) is 23.2 Å². The standard InChI is InChI=1S/C17H19F3N4O3S/c1-24(2)15-8-12(6-7-21-15)10-22-16(25)11-23-28(26,27)14-5-3-4-13(9-14)17(18,19)20/h3-9,23H,10-11H2,1-2H3,(H,22,25). The number of carbonyl (C=O) groups excluding carboxylic acids is 1. The van der Waals surface area contributed by atoms with Crippen LogP contribution in [0, 0.1) is 0 Å². The van der Waals surface area contributed by atoms with Crippen LogP contribution in [0.25, 0.3) is 0 Å². The summed E-state index contributed by atoms with van der Waals surface area (Å²) in [6, 6.07) is 6.74. The fourth-order valence-electron chi connectivity index (χ4n) is 2.16. The molecule has 0 aliphatic heterocycles. The highest BCUT2D eigenvalue weighted by Gasteiger charge is 2.31. The van der Waals surface area contributed by atoms with Gasteiger partial charge in [0.25, 0.3) is 0 Å². The largest absolute Gasteiger partial charge is 0.416 e. The summed E-state index contributed by atoms with van der Waals surface area (Å²) in [6.07, 6.45) is -3.09. The van der Waals surface area contributed by atoms with Crippen LogP contribution in [0.15, 0.2) is 47.5 Å². The lowest BCUT2D eigenvalue weighted by atomic mass is 10.2. The van der Waals surface area contributed by atoms with Crippen molar-refractivity contribution in [1.29, 1.82) is 0 Å². The van der Waals surface area contributed by atoms with E-state index in [0.29, 0.717) is 11.9 Å². The number of nitrogens with one attached hydrogen (secondary N) is 2. The van der Waals surface area contributed by atoms with Gasteiger partial charge in [0.15, 0.2) is 0 Å². The van der Waals surface area contributed by atoms with Gasteiger partial charge < -0.3 is 10.2 Å². The fourth-order valence-corrected chi connectivity index (χ4v) is 3.19. The van der Waals surface area contributed by atoms with Crippen LogP contribution in [0.2, 0.25) is 0 Å². The van der Waals surface area contributed by atoms with Gasteiger partial charge in [-0.25, -0.2) is 18.1 Å². The first kappa shape index (κ1) is 21.6. The zero-order valence-corrected chi connectivity index (χ0v) is 15.9. The Balaban J connectivity index is 1.96. The second-order valence-corrected chi connectivity index (χ2v) is 7.81. The van der Waals surface area contributed by atoms with Gasteiger partial charge in [-0.05, 0) is 35.9 Å². The summed E-state index contributed by atoms with van der Waals surface area (Å²) in [7, 11) is -0.641. The minimum Gasteiger partial charge on any atom is -0.363 e. The van der Waals surface area contributed by atoms with E-state index in [-0.39, 0.29) is 6.54 Å². The van der Waals surface area contributed by atoms with E-state index in [1.165, 1.54) is 0 Å². The second-order valence-electron chi connectivity index (χ2n) is 6.04. The van der Waals surface area contributed by atoms with E-state index in [2.05, 4.69) is 10.3 Å². The van der Waals surface area contributed by atoms with Crippen LogP contribution in [0.1, 0.15) is 11.1 Å². The number of hydrogen-bond donors (Lipinski definition) is 2. The third-order valence-corrected chi connectivity index (χ3v) is 5.05. The van der Waals surface area contributed by atoms with Crippen molar-refractivity contribution in [2.24, 2.45) is 0 Å². The van der Waals surface area contributed by atoms with Gasteiger partial charge in [0.05, 0.1) is 17.0 Å². The Morgan fingerprint density at radius 3 is 2.54 bits per heavy atom. The molecule has 2 N–H and O–H groups in total. The number of rotatable bonds is 7. The van der Waals surface area contributed by atoms with Gasteiger partial charge in [0.1, 0.15) is 5.82 Å². The fraction of sp³-hybridized carbons (Fsp3) is 0.294. The third kappa shape index (κ3) is 5.92. The number of amides is 1. The van der Waals surface area contributed by atoms with Crippen molar-refractivity contribution in [3.63, 3.8) is 0 Å². The normalized spacial score (nSPS) is 11.9. The number of anilines is 1. The highest BCUT2D eigenvalue weighted by Crippen LogP contribution is 2.30. The van der Waals surface area contributed by atoms with E-state index in [9.17, 15) is 26.4 Å². The SMILES string of the molecule is CN(C)c1cc(CNC(=O)CNS(=O)(=O)c2cccc(C(F)(F)F)c2)ccn1. The van der Waals surface area contributed by atoms with Crippen LogP contribution >= 0.6 is 0 Å². The average Bonchev–Trinajstić information content (AvgIpc) is 2.64. The molecule has 0 unspecified atom stereocenters. The quantitative estimate of drug-likeness (QED) is 0.718. The number of aromatic nitrogens is 1. The number of pyridine rings is 1. The Bertz CT molecular complexity index is 947. The lowest BCUT2D eigenvalue weighted by molar-refractivity contribution is -0.137. The summed E-state index contributed by atoms with van der Waals surface area (Å²) in [5, 5.41) is 2.53. The number of carbonyl (C=O) groups is 1. The molecule has 0 saturated heterocycles. The lowest BCUT2D eigenvalue weighted by Gasteiger charge is -2.13. The smallest absolute Gasteiger partial charge is 0.363 e. The summed E-state index contributed by atoms with van der Waals surface area (Å²) in [5.41, 5.74) is -0.331. The Morgan fingerprint density at radius 2 is 1.89 bits per heavy atom. The summed E-state index contributed by atoms with van der Waals surface area (Å²) >= 11 is 0. The molecule has 152 valence electrons. The predicted molar refractivity (Wildman–Crippen MR) is 97.0 cm³/mol. The zero-order valence-electron chi connectivity index (χ0n) is 15.1. The Morgan fingerprint density at radius 1 is 1.18 bits per heavy atom. The van der Waals surface area contributed by atoms with Crippen molar-refractivity contribution in [3.8, 4) is 0 Å². The molecule has 0 aliphatic carbocycles. The third-order valence-electron chi connectivity index (χ3n) is 3.65. The molecule has 1 heterocycles. The molecule has 1 amide bonds. The van der Waals surface area contributed by atoms with Gasteiger partial charge >= 0.3 is 6.18 Å². The van der Waals surface area contributed by atoms with Crippen LogP contribution < -0.4 is 14.9 Å². The molecule has 0 bridgehead atoms. The van der Waals surface area contributed by atoms with Gasteiger partial charge in [0, 0.05) is 26.8 Å². The molecule has 0 saturated carbocycles. The average molecular weight is 416 g/mol. The molecular formula is C17H19F3N4O3S. The topological polar surface area (TPSA) is 91.4 Å². The summed E-state index contributed by atoms with van der Waals surface area (Å²) < 4.78 is 64.4. The minimum absolute atomic E-state index is 0.146. The Kier molecular flexibility index (Phi) is 6.62. The monoisotopic (exact) mass is 416 g/mol. The maximum absolute atomic E-state index is 12.7. The molecule has 1 aromatic heterocycles. The predicted octanol–water partition coefficient (Wildman–Crippen LogP) is 1.76. The summed E-state index contributed by atoms with van der Waals surface area (Å²) in [5.74, 6) is 0.0655. The van der Waals surface area contributed by atoms with E-state index in [4.69, 9.17) is 0 Å². The maximum Gasteiger partial charge on any atom is 0.416 e. The molecule has 0 fully saturated rings. The van der Waals surface area contributed by atoms with Crippen molar-refractivity contribution < 1.29 is 26.4 Å². The van der Waals surface area contributed by atoms with Crippen LogP contribution in [0.5, 0.6) is 0 Å². The zero-order chi connectivity index (χ0) is 20.9. The number of benzene rings is 1. The highest BCUT2D eigenvalue weighted by molar-refractivity contribution is 7.89.